The molecule has 0 saturated heterocycles. The lowest BCUT2D eigenvalue weighted by Gasteiger charge is -2.10. The van der Waals surface area contributed by atoms with Gasteiger partial charge in [-0.2, -0.15) is 0 Å². The first kappa shape index (κ1) is 19.9. The molecule has 0 aliphatic rings. The molecule has 4 rings (SSSR count). The fourth-order valence-electron chi connectivity index (χ4n) is 2.94. The molecule has 2 amide bonds. The van der Waals surface area contributed by atoms with E-state index in [9.17, 15) is 18.8 Å². The minimum Gasteiger partial charge on any atom is -0.348 e. The van der Waals surface area contributed by atoms with Crippen molar-refractivity contribution in [3.8, 4) is 0 Å². The van der Waals surface area contributed by atoms with Gasteiger partial charge in [0.2, 0.25) is 0 Å². The number of aromatic nitrogens is 3. The van der Waals surface area contributed by atoms with Gasteiger partial charge < -0.3 is 10.6 Å². The first-order valence-electron chi connectivity index (χ1n) is 9.27. The number of anilines is 1. The largest absolute Gasteiger partial charge is 0.348 e. The Balaban J connectivity index is 1.58. The number of nitrogens with one attached hydrogen (secondary N) is 2. The molecule has 3 aromatic heterocycles. The monoisotopic (exact) mass is 417 g/mol. The fourth-order valence-corrected chi connectivity index (χ4v) is 2.94. The van der Waals surface area contributed by atoms with E-state index in [1.54, 1.807) is 24.3 Å². The predicted octanol–water partition coefficient (Wildman–Crippen LogP) is 2.41. The van der Waals surface area contributed by atoms with Gasteiger partial charge in [0.15, 0.2) is 5.65 Å². The van der Waals surface area contributed by atoms with Gasteiger partial charge in [0.25, 0.3) is 17.4 Å². The van der Waals surface area contributed by atoms with Crippen molar-refractivity contribution in [2.75, 3.05) is 5.32 Å². The van der Waals surface area contributed by atoms with Gasteiger partial charge in [-0.1, -0.05) is 12.1 Å². The van der Waals surface area contributed by atoms with Crippen LogP contribution in [-0.2, 0) is 6.54 Å². The molecule has 0 unspecified atom stereocenters. The van der Waals surface area contributed by atoms with Crippen molar-refractivity contribution in [3.63, 3.8) is 0 Å². The van der Waals surface area contributed by atoms with E-state index in [-0.39, 0.29) is 29.3 Å². The molecule has 0 bridgehead atoms. The fraction of sp³-hybridized carbons (Fsp3) is 0.0455. The number of hydrogen-bond acceptors (Lipinski definition) is 5. The zero-order valence-corrected chi connectivity index (χ0v) is 16.1. The van der Waals surface area contributed by atoms with Crippen LogP contribution in [0.15, 0.2) is 78.1 Å². The van der Waals surface area contributed by atoms with Crippen LogP contribution in [0.1, 0.15) is 26.3 Å². The van der Waals surface area contributed by atoms with E-state index in [1.807, 2.05) is 0 Å². The van der Waals surface area contributed by atoms with E-state index in [0.717, 1.165) is 5.56 Å². The lowest BCUT2D eigenvalue weighted by molar-refractivity contribution is 0.0951. The summed E-state index contributed by atoms with van der Waals surface area (Å²) in [6.07, 6.45) is 5.58. The van der Waals surface area contributed by atoms with Crippen molar-refractivity contribution in [1.29, 1.82) is 0 Å². The van der Waals surface area contributed by atoms with E-state index in [4.69, 9.17) is 0 Å². The highest BCUT2D eigenvalue weighted by Crippen LogP contribution is 2.10. The number of nitrogens with zero attached hydrogens (tertiary/aromatic N) is 3. The molecule has 4 aromatic rings. The van der Waals surface area contributed by atoms with Gasteiger partial charge in [0.1, 0.15) is 11.5 Å². The second-order valence-corrected chi connectivity index (χ2v) is 6.60. The molecular formula is C22H16FN5O3. The molecule has 2 N–H and O–H groups in total. The highest BCUT2D eigenvalue weighted by atomic mass is 19.1. The maximum absolute atomic E-state index is 13.0. The van der Waals surface area contributed by atoms with Crippen LogP contribution >= 0.6 is 0 Å². The Hall–Kier alpha value is -4.40. The number of benzene rings is 1. The number of pyridine rings is 2. The average Bonchev–Trinajstić information content (AvgIpc) is 2.80. The molecule has 8 nitrogen and oxygen atoms in total. The summed E-state index contributed by atoms with van der Waals surface area (Å²) < 4.78 is 14.2. The normalized spacial score (nSPS) is 10.6. The summed E-state index contributed by atoms with van der Waals surface area (Å²) in [5.41, 5.74) is 0.780. The van der Waals surface area contributed by atoms with Gasteiger partial charge in [0, 0.05) is 25.1 Å². The van der Waals surface area contributed by atoms with Crippen LogP contribution in [-0.4, -0.2) is 26.2 Å². The quantitative estimate of drug-likeness (QED) is 0.519. The summed E-state index contributed by atoms with van der Waals surface area (Å²) in [6.45, 7) is 0.184. The number of halogens is 1. The van der Waals surface area contributed by atoms with Crippen LogP contribution in [0.4, 0.5) is 10.1 Å². The Morgan fingerprint density at radius 1 is 1.00 bits per heavy atom. The molecule has 0 fully saturated rings. The summed E-state index contributed by atoms with van der Waals surface area (Å²) in [5.74, 6) is -1.30. The Bertz CT molecular complexity index is 1320. The molecule has 0 radical (unpaired) electrons. The van der Waals surface area contributed by atoms with Crippen LogP contribution in [0.25, 0.3) is 5.65 Å². The number of amides is 2. The minimum atomic E-state index is -0.532. The summed E-state index contributed by atoms with van der Waals surface area (Å²) in [7, 11) is 0. The first-order valence-corrected chi connectivity index (χ1v) is 9.27. The third kappa shape index (κ3) is 4.30. The van der Waals surface area contributed by atoms with Gasteiger partial charge in [-0.3, -0.25) is 23.8 Å². The second-order valence-electron chi connectivity index (χ2n) is 6.60. The topological polar surface area (TPSA) is 105 Å². The first-order chi connectivity index (χ1) is 15.0. The minimum absolute atomic E-state index is 0.0322. The number of fused-ring (bicyclic) bond motifs is 1. The maximum Gasteiger partial charge on any atom is 0.281 e. The Morgan fingerprint density at radius 3 is 2.55 bits per heavy atom. The Labute approximate surface area is 175 Å². The Kier molecular flexibility index (Phi) is 5.48. The smallest absolute Gasteiger partial charge is 0.281 e. The number of carbonyl (C=O) groups is 2. The molecular weight excluding hydrogens is 401 g/mol. The molecule has 154 valence electrons. The van der Waals surface area contributed by atoms with E-state index < -0.39 is 17.4 Å². The lowest BCUT2D eigenvalue weighted by Crippen LogP contribution is -2.27. The molecule has 9 heteroatoms. The molecule has 3 heterocycles. The van der Waals surface area contributed by atoms with Gasteiger partial charge in [-0.25, -0.2) is 9.37 Å². The van der Waals surface area contributed by atoms with Crippen LogP contribution in [0.2, 0.25) is 0 Å². The summed E-state index contributed by atoms with van der Waals surface area (Å²) >= 11 is 0. The van der Waals surface area contributed by atoms with Crippen LogP contribution in [0, 0.1) is 5.82 Å². The van der Waals surface area contributed by atoms with Crippen molar-refractivity contribution >= 4 is 23.1 Å². The van der Waals surface area contributed by atoms with Crippen molar-refractivity contribution in [2.45, 2.75) is 6.54 Å². The van der Waals surface area contributed by atoms with Crippen LogP contribution < -0.4 is 16.2 Å². The standard InChI is InChI=1S/C22H16FN5O3/c23-16-7-5-14(6-8-16)11-26-21(30)17-4-2-10-28-19(17)25-13-18(22(28)31)27-20(29)15-3-1-9-24-12-15/h1-10,12-13H,11H2,(H,26,30)(H,27,29). The predicted molar refractivity (Wildman–Crippen MR) is 111 cm³/mol. The van der Waals surface area contributed by atoms with Crippen molar-refractivity contribution in [2.24, 2.45) is 0 Å². The third-order valence-corrected chi connectivity index (χ3v) is 4.52. The van der Waals surface area contributed by atoms with Crippen LogP contribution in [0.3, 0.4) is 0 Å². The SMILES string of the molecule is O=C(Nc1cnc2c(C(=O)NCc3ccc(F)cc3)cccn2c1=O)c1cccnc1. The van der Waals surface area contributed by atoms with Crippen LogP contribution in [0.5, 0.6) is 0 Å². The third-order valence-electron chi connectivity index (χ3n) is 4.52. The van der Waals surface area contributed by atoms with Crippen molar-refractivity contribution in [3.05, 3.63) is 106 Å². The molecule has 0 aliphatic carbocycles. The molecule has 1 aromatic carbocycles. The summed E-state index contributed by atoms with van der Waals surface area (Å²) in [5, 5.41) is 5.23. The van der Waals surface area contributed by atoms with Gasteiger partial charge in [0.05, 0.1) is 17.3 Å². The van der Waals surface area contributed by atoms with Crippen molar-refractivity contribution in [1.82, 2.24) is 19.7 Å². The van der Waals surface area contributed by atoms with Gasteiger partial charge in [-0.15, -0.1) is 0 Å². The summed E-state index contributed by atoms with van der Waals surface area (Å²) in [6, 6.07) is 12.0. The van der Waals surface area contributed by atoms with E-state index in [0.29, 0.717) is 5.56 Å². The number of hydrogen-bond donors (Lipinski definition) is 2. The number of rotatable bonds is 5. The number of carbonyl (C=O) groups excluding carboxylic acids is 2. The Morgan fingerprint density at radius 2 is 1.81 bits per heavy atom. The average molecular weight is 417 g/mol. The highest BCUT2D eigenvalue weighted by molar-refractivity contribution is 6.04. The summed E-state index contributed by atoms with van der Waals surface area (Å²) in [4.78, 5) is 45.8. The van der Waals surface area contributed by atoms with Gasteiger partial charge in [-0.05, 0) is 42.0 Å². The molecule has 31 heavy (non-hydrogen) atoms. The van der Waals surface area contributed by atoms with Crippen molar-refractivity contribution < 1.29 is 14.0 Å². The van der Waals surface area contributed by atoms with E-state index in [1.165, 1.54) is 53.5 Å². The second kappa shape index (κ2) is 8.54. The molecule has 0 aliphatic heterocycles. The van der Waals surface area contributed by atoms with Gasteiger partial charge >= 0.3 is 0 Å². The maximum atomic E-state index is 13.0. The highest BCUT2D eigenvalue weighted by Gasteiger charge is 2.15. The van der Waals surface area contributed by atoms with E-state index >= 15 is 0 Å². The molecule has 0 spiro atoms. The zero-order chi connectivity index (χ0) is 21.8. The lowest BCUT2D eigenvalue weighted by atomic mass is 10.2. The molecule has 0 saturated carbocycles. The zero-order valence-electron chi connectivity index (χ0n) is 16.1. The molecule has 0 atom stereocenters. The van der Waals surface area contributed by atoms with E-state index in [2.05, 4.69) is 20.6 Å².